The maximum Gasteiger partial charge on any atom is 0.258 e. The molecule has 12 nitrogen and oxygen atoms in total. The van der Waals surface area contributed by atoms with Crippen molar-refractivity contribution in [2.45, 2.75) is 44.4 Å². The molecule has 0 aliphatic heterocycles. The number of nitrogens with one attached hydrogen (secondary N) is 3. The molecule has 1 fully saturated rings. The number of hydrogen-bond acceptors (Lipinski definition) is 9. The van der Waals surface area contributed by atoms with Gasteiger partial charge in [-0.15, -0.1) is 9.19 Å². The first kappa shape index (κ1) is 24.1. The molecule has 36 heavy (non-hydrogen) atoms. The molecule has 13 heteroatoms. The van der Waals surface area contributed by atoms with Gasteiger partial charge in [0.15, 0.2) is 18.0 Å². The lowest BCUT2D eigenvalue weighted by Gasteiger charge is -2.12. The molecule has 0 unspecified atom stereocenters. The molecule has 190 valence electrons. The number of aryl methyl sites for hydroxylation is 1. The van der Waals surface area contributed by atoms with E-state index in [1.165, 1.54) is 6.20 Å². The highest BCUT2D eigenvalue weighted by Crippen LogP contribution is 2.29. The van der Waals surface area contributed by atoms with E-state index in [0.29, 0.717) is 51.3 Å². The predicted molar refractivity (Wildman–Crippen MR) is 133 cm³/mol. The Kier molecular flexibility index (Phi) is 7.09. The molecule has 0 radical (unpaired) electrons. The summed E-state index contributed by atoms with van der Waals surface area (Å²) in [5.74, 6) is 1.58. The Balaban J connectivity index is 1.14. The molecule has 1 aliphatic carbocycles. The van der Waals surface area contributed by atoms with Crippen LogP contribution in [0.3, 0.4) is 0 Å². The average Bonchev–Trinajstić information content (AvgIpc) is 3.51. The van der Waals surface area contributed by atoms with E-state index in [0.717, 1.165) is 38.9 Å². The van der Waals surface area contributed by atoms with Gasteiger partial charge in [-0.05, 0) is 25.3 Å². The van der Waals surface area contributed by atoms with Crippen LogP contribution in [0.1, 0.15) is 36.6 Å². The second kappa shape index (κ2) is 10.6. The number of pyridine rings is 1. The molecule has 5 rings (SSSR count). The SMILES string of the molecule is CCc1cnn2c(NCc3ccc[nH+]c3)cc(NCCOCCc3cn(S(=O)(=O)C4CC4)nn3)nc12. The number of hydrogen-bond donors (Lipinski definition) is 2. The molecule has 0 bridgehead atoms. The van der Waals surface area contributed by atoms with E-state index in [4.69, 9.17) is 9.72 Å². The standard InChI is InChI=1S/C23H29N9O3S/c1-2-18-15-27-32-22(26-14-17-4-3-8-24-13-17)12-21(28-23(18)32)25-9-11-35-10-7-19-16-31(30-29-19)36(33,34)20-5-6-20/h3-4,8,12-13,15-16,20,26H,2,5-7,9-11,14H2,1H3,(H,25,28)/p+1. The van der Waals surface area contributed by atoms with Gasteiger partial charge in [-0.1, -0.05) is 12.1 Å². The molecule has 0 atom stereocenters. The Morgan fingerprint density at radius 1 is 1.25 bits per heavy atom. The number of H-pyrrole nitrogens is 1. The van der Waals surface area contributed by atoms with Crippen molar-refractivity contribution in [3.05, 3.63) is 59.8 Å². The normalized spacial score (nSPS) is 13.8. The fourth-order valence-corrected chi connectivity index (χ4v) is 5.22. The number of aromatic nitrogens is 7. The first-order valence-electron chi connectivity index (χ1n) is 12.1. The van der Waals surface area contributed by atoms with Crippen LogP contribution in [0.5, 0.6) is 0 Å². The summed E-state index contributed by atoms with van der Waals surface area (Å²) in [5, 5.41) is 18.7. The molecule has 0 amide bonds. The van der Waals surface area contributed by atoms with Crippen molar-refractivity contribution in [2.75, 3.05) is 30.4 Å². The van der Waals surface area contributed by atoms with E-state index in [9.17, 15) is 8.42 Å². The van der Waals surface area contributed by atoms with Gasteiger partial charge < -0.3 is 15.4 Å². The zero-order valence-electron chi connectivity index (χ0n) is 20.1. The number of aromatic amines is 1. The van der Waals surface area contributed by atoms with E-state index < -0.39 is 10.0 Å². The minimum atomic E-state index is -3.38. The van der Waals surface area contributed by atoms with Crippen LogP contribution in [0.25, 0.3) is 5.65 Å². The van der Waals surface area contributed by atoms with Crippen LogP contribution < -0.4 is 15.6 Å². The van der Waals surface area contributed by atoms with Crippen molar-refractivity contribution in [1.82, 2.24) is 29.0 Å². The Labute approximate surface area is 209 Å². The minimum absolute atomic E-state index is 0.314. The average molecular weight is 513 g/mol. The van der Waals surface area contributed by atoms with Gasteiger partial charge >= 0.3 is 0 Å². The first-order valence-corrected chi connectivity index (χ1v) is 13.6. The highest BCUT2D eigenvalue weighted by Gasteiger charge is 2.37. The number of anilines is 2. The molecule has 0 spiro atoms. The zero-order valence-corrected chi connectivity index (χ0v) is 20.9. The van der Waals surface area contributed by atoms with Crippen LogP contribution in [0.15, 0.2) is 43.0 Å². The minimum Gasteiger partial charge on any atom is -0.379 e. The van der Waals surface area contributed by atoms with Crippen molar-refractivity contribution >= 4 is 27.3 Å². The highest BCUT2D eigenvalue weighted by molar-refractivity contribution is 7.90. The van der Waals surface area contributed by atoms with E-state index in [1.54, 1.807) is 0 Å². The van der Waals surface area contributed by atoms with Crippen molar-refractivity contribution in [2.24, 2.45) is 0 Å². The number of fused-ring (bicyclic) bond motifs is 1. The quantitative estimate of drug-likeness (QED) is 0.254. The lowest BCUT2D eigenvalue weighted by atomic mass is 10.2. The van der Waals surface area contributed by atoms with Crippen molar-refractivity contribution in [1.29, 1.82) is 0 Å². The summed E-state index contributed by atoms with van der Waals surface area (Å²) in [7, 11) is -3.38. The molecule has 4 aromatic heterocycles. The van der Waals surface area contributed by atoms with Crippen molar-refractivity contribution in [3.8, 4) is 0 Å². The highest BCUT2D eigenvalue weighted by atomic mass is 32.2. The lowest BCUT2D eigenvalue weighted by Crippen LogP contribution is -2.18. The molecule has 4 heterocycles. The number of ether oxygens (including phenoxy) is 1. The fourth-order valence-electron chi connectivity index (χ4n) is 3.78. The maximum atomic E-state index is 12.2. The Morgan fingerprint density at radius 2 is 2.14 bits per heavy atom. The molecular formula is C23H30N9O3S+. The van der Waals surface area contributed by atoms with Crippen LogP contribution >= 0.6 is 0 Å². The van der Waals surface area contributed by atoms with Crippen molar-refractivity contribution < 1.29 is 18.1 Å². The van der Waals surface area contributed by atoms with E-state index >= 15 is 0 Å². The largest absolute Gasteiger partial charge is 0.379 e. The third-order valence-corrected chi connectivity index (χ3v) is 7.97. The number of rotatable bonds is 13. The monoisotopic (exact) mass is 512 g/mol. The van der Waals surface area contributed by atoms with Crippen LogP contribution in [-0.2, 0) is 34.1 Å². The summed E-state index contributed by atoms with van der Waals surface area (Å²) in [6.07, 6.45) is 9.88. The third kappa shape index (κ3) is 5.46. The Hall–Kier alpha value is -3.58. The van der Waals surface area contributed by atoms with Gasteiger partial charge in [-0.2, -0.15) is 9.61 Å². The molecule has 0 saturated heterocycles. The van der Waals surface area contributed by atoms with Gasteiger partial charge in [-0.25, -0.2) is 18.4 Å². The summed E-state index contributed by atoms with van der Waals surface area (Å²) in [4.78, 5) is 7.83. The van der Waals surface area contributed by atoms with Crippen LogP contribution in [0.2, 0.25) is 0 Å². The molecule has 1 saturated carbocycles. The Morgan fingerprint density at radius 3 is 2.92 bits per heavy atom. The Bertz CT molecular complexity index is 1420. The topological polar surface area (TPSA) is 142 Å². The summed E-state index contributed by atoms with van der Waals surface area (Å²) in [6.45, 7) is 4.17. The van der Waals surface area contributed by atoms with Crippen LogP contribution in [0.4, 0.5) is 11.6 Å². The van der Waals surface area contributed by atoms with Gasteiger partial charge in [0, 0.05) is 42.8 Å². The van der Waals surface area contributed by atoms with Gasteiger partial charge in [0.1, 0.15) is 11.6 Å². The van der Waals surface area contributed by atoms with Crippen molar-refractivity contribution in [3.63, 3.8) is 0 Å². The molecule has 0 aromatic carbocycles. The molecule has 4 aromatic rings. The zero-order chi connectivity index (χ0) is 25.0. The van der Waals surface area contributed by atoms with E-state index in [1.807, 2.05) is 41.3 Å². The van der Waals surface area contributed by atoms with Gasteiger partial charge in [0.2, 0.25) is 0 Å². The maximum absolute atomic E-state index is 12.2. The molecule has 1 aliphatic rings. The van der Waals surface area contributed by atoms with Gasteiger partial charge in [0.05, 0.1) is 36.6 Å². The molecule has 3 N–H and O–H groups in total. The lowest BCUT2D eigenvalue weighted by molar-refractivity contribution is -0.378. The summed E-state index contributed by atoms with van der Waals surface area (Å²) >= 11 is 0. The summed E-state index contributed by atoms with van der Waals surface area (Å²) in [5.41, 5.74) is 3.61. The summed E-state index contributed by atoms with van der Waals surface area (Å²) in [6, 6.07) is 5.95. The smallest absolute Gasteiger partial charge is 0.258 e. The van der Waals surface area contributed by atoms with E-state index in [2.05, 4.69) is 38.0 Å². The predicted octanol–water partition coefficient (Wildman–Crippen LogP) is 1.32. The number of nitrogens with zero attached hydrogens (tertiary/aromatic N) is 6. The second-order valence-electron chi connectivity index (χ2n) is 8.67. The molecular weight excluding hydrogens is 482 g/mol. The first-order chi connectivity index (χ1) is 17.5. The third-order valence-electron chi connectivity index (χ3n) is 5.95. The fraction of sp³-hybridized carbons (Fsp3) is 0.435. The van der Waals surface area contributed by atoms with E-state index in [-0.39, 0.29) is 5.25 Å². The van der Waals surface area contributed by atoms with Crippen LogP contribution in [0, 0.1) is 0 Å². The van der Waals surface area contributed by atoms with Crippen LogP contribution in [-0.4, -0.2) is 62.4 Å². The second-order valence-corrected chi connectivity index (χ2v) is 10.7. The van der Waals surface area contributed by atoms with Gasteiger partial charge in [0.25, 0.3) is 10.0 Å². The summed E-state index contributed by atoms with van der Waals surface area (Å²) < 4.78 is 32.9. The van der Waals surface area contributed by atoms with Gasteiger partial charge in [-0.3, -0.25) is 0 Å².